The number of rotatable bonds is 7. The second-order valence-electron chi connectivity index (χ2n) is 6.43. The Bertz CT molecular complexity index is 443. The topological polar surface area (TPSA) is 34.1 Å². The number of aromatic nitrogens is 1. The molecular weight excluding hydrogens is 248 g/mol. The van der Waals surface area contributed by atoms with Gasteiger partial charge in [-0.3, -0.25) is 4.98 Å². The molecule has 0 saturated heterocycles. The summed E-state index contributed by atoms with van der Waals surface area (Å²) >= 11 is 0. The number of nitrogens with one attached hydrogen (secondary N) is 1. The molecule has 1 atom stereocenters. The smallest absolute Gasteiger partial charge is 0.0468 e. The quantitative estimate of drug-likeness (QED) is 0.828. The van der Waals surface area contributed by atoms with Crippen LogP contribution in [0.15, 0.2) is 6.07 Å². The van der Waals surface area contributed by atoms with Crippen LogP contribution in [0.1, 0.15) is 54.7 Å². The molecule has 1 aromatic heterocycles. The summed E-state index contributed by atoms with van der Waals surface area (Å²) in [6, 6.07) is 2.54. The van der Waals surface area contributed by atoms with Crippen molar-refractivity contribution >= 4 is 0 Å². The van der Waals surface area contributed by atoms with E-state index in [1.807, 2.05) is 0 Å². The van der Waals surface area contributed by atoms with Gasteiger partial charge in [-0.25, -0.2) is 0 Å². The van der Waals surface area contributed by atoms with E-state index >= 15 is 0 Å². The van der Waals surface area contributed by atoms with E-state index in [4.69, 9.17) is 4.74 Å². The monoisotopic (exact) mass is 276 g/mol. The van der Waals surface area contributed by atoms with E-state index in [-0.39, 0.29) is 0 Å². The van der Waals surface area contributed by atoms with E-state index in [0.717, 1.165) is 24.5 Å². The largest absolute Gasteiger partial charge is 0.385 e. The molecule has 1 aliphatic carbocycles. The molecule has 1 unspecified atom stereocenters. The highest BCUT2D eigenvalue weighted by Gasteiger charge is 2.41. The minimum Gasteiger partial charge on any atom is -0.385 e. The van der Waals surface area contributed by atoms with Gasteiger partial charge in [0, 0.05) is 37.7 Å². The Balaban J connectivity index is 1.97. The average molecular weight is 276 g/mol. The van der Waals surface area contributed by atoms with Gasteiger partial charge in [0.25, 0.3) is 0 Å². The number of hydrogen-bond acceptors (Lipinski definition) is 3. The molecule has 112 valence electrons. The zero-order chi connectivity index (χ0) is 14.8. The Morgan fingerprint density at radius 3 is 2.60 bits per heavy atom. The van der Waals surface area contributed by atoms with Crippen molar-refractivity contribution < 1.29 is 4.74 Å². The molecule has 0 spiro atoms. The highest BCUT2D eigenvalue weighted by Crippen LogP contribution is 2.48. The Morgan fingerprint density at radius 1 is 1.35 bits per heavy atom. The zero-order valence-electron chi connectivity index (χ0n) is 13.5. The minimum absolute atomic E-state index is 0.364. The summed E-state index contributed by atoms with van der Waals surface area (Å²) in [5.74, 6) is 0. The molecule has 0 radical (unpaired) electrons. The van der Waals surface area contributed by atoms with Crippen LogP contribution >= 0.6 is 0 Å². The van der Waals surface area contributed by atoms with Gasteiger partial charge in [0.15, 0.2) is 0 Å². The Hall–Kier alpha value is -0.930. The third kappa shape index (κ3) is 3.58. The van der Waals surface area contributed by atoms with Crippen LogP contribution in [0.25, 0.3) is 0 Å². The summed E-state index contributed by atoms with van der Waals surface area (Å²) in [5.41, 5.74) is 5.46. The maximum absolute atomic E-state index is 5.22. The van der Waals surface area contributed by atoms with Crippen molar-refractivity contribution in [2.75, 3.05) is 20.3 Å². The molecule has 2 rings (SSSR count). The fourth-order valence-corrected chi connectivity index (χ4v) is 3.17. The molecule has 0 aliphatic heterocycles. The average Bonchev–Trinajstić information content (AvgIpc) is 3.13. The molecule has 1 heterocycles. The zero-order valence-corrected chi connectivity index (χ0v) is 13.5. The van der Waals surface area contributed by atoms with Gasteiger partial charge in [-0.15, -0.1) is 0 Å². The molecule has 0 amide bonds. The second-order valence-corrected chi connectivity index (χ2v) is 6.43. The number of pyridine rings is 1. The van der Waals surface area contributed by atoms with Gasteiger partial charge >= 0.3 is 0 Å². The van der Waals surface area contributed by atoms with Gasteiger partial charge in [-0.2, -0.15) is 0 Å². The van der Waals surface area contributed by atoms with Crippen molar-refractivity contribution in [3.63, 3.8) is 0 Å². The van der Waals surface area contributed by atoms with E-state index in [0.29, 0.717) is 11.5 Å². The van der Waals surface area contributed by atoms with Crippen LogP contribution in [0.2, 0.25) is 0 Å². The summed E-state index contributed by atoms with van der Waals surface area (Å²) < 4.78 is 5.22. The first kappa shape index (κ1) is 15.5. The Morgan fingerprint density at radius 2 is 2.05 bits per heavy atom. The minimum atomic E-state index is 0.364. The van der Waals surface area contributed by atoms with Crippen LogP contribution in [0.3, 0.4) is 0 Å². The molecule has 1 N–H and O–H groups in total. The Kier molecular flexibility index (Phi) is 4.82. The summed E-state index contributed by atoms with van der Waals surface area (Å²) in [4.78, 5) is 4.61. The summed E-state index contributed by atoms with van der Waals surface area (Å²) in [7, 11) is 1.79. The maximum Gasteiger partial charge on any atom is 0.0468 e. The van der Waals surface area contributed by atoms with Gasteiger partial charge in [0.05, 0.1) is 0 Å². The van der Waals surface area contributed by atoms with Gasteiger partial charge in [-0.05, 0) is 69.6 Å². The highest BCUT2D eigenvalue weighted by molar-refractivity contribution is 5.33. The first-order valence-corrected chi connectivity index (χ1v) is 7.64. The SMILES string of the molecule is COCCC1(CNC(C)c2c(C)cc(C)nc2C)CC1. The number of ether oxygens (including phenoxy) is 1. The van der Waals surface area contributed by atoms with Gasteiger partial charge in [0.2, 0.25) is 0 Å². The van der Waals surface area contributed by atoms with Gasteiger partial charge in [-0.1, -0.05) is 0 Å². The van der Waals surface area contributed by atoms with Crippen molar-refractivity contribution in [2.24, 2.45) is 5.41 Å². The van der Waals surface area contributed by atoms with Crippen LogP contribution in [-0.2, 0) is 4.74 Å². The predicted octanol–water partition coefficient (Wildman–Crippen LogP) is 3.47. The molecule has 20 heavy (non-hydrogen) atoms. The molecular formula is C17H28N2O. The third-order valence-corrected chi connectivity index (χ3v) is 4.59. The first-order valence-electron chi connectivity index (χ1n) is 7.64. The molecule has 3 nitrogen and oxygen atoms in total. The van der Waals surface area contributed by atoms with E-state index in [9.17, 15) is 0 Å². The standard InChI is InChI=1S/C17H28N2O/c1-12-10-13(2)19-15(4)16(12)14(3)18-11-17(6-7-17)8-9-20-5/h10,14,18H,6-9,11H2,1-5H3. The van der Waals surface area contributed by atoms with E-state index in [1.54, 1.807) is 7.11 Å². The van der Waals surface area contributed by atoms with Crippen LogP contribution in [0.4, 0.5) is 0 Å². The third-order valence-electron chi connectivity index (χ3n) is 4.59. The molecule has 3 heteroatoms. The lowest BCUT2D eigenvalue weighted by Gasteiger charge is -2.22. The molecule has 0 aromatic carbocycles. The first-order chi connectivity index (χ1) is 9.47. The summed E-state index contributed by atoms with van der Waals surface area (Å²) in [6.07, 6.45) is 3.84. The second kappa shape index (κ2) is 6.23. The van der Waals surface area contributed by atoms with E-state index in [1.165, 1.54) is 30.4 Å². The molecule has 1 saturated carbocycles. The van der Waals surface area contributed by atoms with E-state index < -0.39 is 0 Å². The maximum atomic E-state index is 5.22. The van der Waals surface area contributed by atoms with E-state index in [2.05, 4.69) is 44.1 Å². The van der Waals surface area contributed by atoms with Gasteiger partial charge < -0.3 is 10.1 Å². The number of methoxy groups -OCH3 is 1. The van der Waals surface area contributed by atoms with Crippen LogP contribution < -0.4 is 5.32 Å². The van der Waals surface area contributed by atoms with Crippen molar-refractivity contribution in [1.82, 2.24) is 10.3 Å². The molecule has 1 fully saturated rings. The van der Waals surface area contributed by atoms with Crippen LogP contribution in [0.5, 0.6) is 0 Å². The molecule has 0 bridgehead atoms. The lowest BCUT2D eigenvalue weighted by Crippen LogP contribution is -2.28. The lowest BCUT2D eigenvalue weighted by molar-refractivity contribution is 0.170. The molecule has 1 aromatic rings. The highest BCUT2D eigenvalue weighted by atomic mass is 16.5. The number of nitrogens with zero attached hydrogens (tertiary/aromatic N) is 1. The Labute approximate surface area is 123 Å². The summed E-state index contributed by atoms with van der Waals surface area (Å²) in [6.45, 7) is 10.6. The van der Waals surface area contributed by atoms with Crippen molar-refractivity contribution in [3.8, 4) is 0 Å². The fraction of sp³-hybridized carbons (Fsp3) is 0.706. The number of aryl methyl sites for hydroxylation is 3. The van der Waals surface area contributed by atoms with Crippen molar-refractivity contribution in [3.05, 3.63) is 28.6 Å². The number of hydrogen-bond donors (Lipinski definition) is 1. The lowest BCUT2D eigenvalue weighted by atomic mass is 9.98. The van der Waals surface area contributed by atoms with Crippen LogP contribution in [0, 0.1) is 26.2 Å². The predicted molar refractivity (Wildman–Crippen MR) is 83.0 cm³/mol. The van der Waals surface area contributed by atoms with Crippen LogP contribution in [-0.4, -0.2) is 25.2 Å². The normalized spacial score (nSPS) is 18.1. The van der Waals surface area contributed by atoms with Crippen molar-refractivity contribution in [2.45, 2.75) is 53.0 Å². The molecule has 1 aliphatic rings. The summed E-state index contributed by atoms with van der Waals surface area (Å²) in [5, 5.41) is 3.72. The van der Waals surface area contributed by atoms with Gasteiger partial charge in [0.1, 0.15) is 0 Å². The van der Waals surface area contributed by atoms with Crippen molar-refractivity contribution in [1.29, 1.82) is 0 Å². The fourth-order valence-electron chi connectivity index (χ4n) is 3.17.